The normalized spacial score (nSPS) is 13.8. The summed E-state index contributed by atoms with van der Waals surface area (Å²) in [5.74, 6) is 1.36. The van der Waals surface area contributed by atoms with Crippen molar-refractivity contribution in [2.24, 2.45) is 0 Å². The van der Waals surface area contributed by atoms with E-state index in [2.05, 4.69) is 20.2 Å². The third kappa shape index (κ3) is 8.47. The van der Waals surface area contributed by atoms with Crippen LogP contribution in [0.3, 0.4) is 0 Å². The molecule has 4 heterocycles. The van der Waals surface area contributed by atoms with Gasteiger partial charge >= 0.3 is 0 Å². The Morgan fingerprint density at radius 3 is 2.42 bits per heavy atom. The van der Waals surface area contributed by atoms with Crippen LogP contribution in [0.1, 0.15) is 24.1 Å². The molecule has 0 spiro atoms. The molecular weight excluding hydrogens is 717 g/mol. The van der Waals surface area contributed by atoms with E-state index in [0.717, 1.165) is 29.9 Å². The summed E-state index contributed by atoms with van der Waals surface area (Å²) >= 11 is 13.7. The topological polar surface area (TPSA) is 124 Å². The smallest absolute Gasteiger partial charge is 0.260 e. The van der Waals surface area contributed by atoms with Crippen LogP contribution in [0.2, 0.25) is 10.0 Å². The summed E-state index contributed by atoms with van der Waals surface area (Å²) < 4.78 is 18.1. The summed E-state index contributed by atoms with van der Waals surface area (Å²) in [5, 5.41) is 4.05. The van der Waals surface area contributed by atoms with E-state index in [1.165, 1.54) is 14.2 Å². The second kappa shape index (κ2) is 16.8. The first-order valence-electron chi connectivity index (χ1n) is 17.1. The van der Waals surface area contributed by atoms with Crippen molar-refractivity contribution < 1.29 is 19.0 Å². The van der Waals surface area contributed by atoms with Crippen LogP contribution < -0.4 is 25.2 Å². The van der Waals surface area contributed by atoms with E-state index in [1.807, 2.05) is 68.4 Å². The molecule has 1 aliphatic heterocycles. The van der Waals surface area contributed by atoms with Crippen molar-refractivity contribution in [3.8, 4) is 22.6 Å². The van der Waals surface area contributed by atoms with Gasteiger partial charge in [-0.1, -0.05) is 53.5 Å². The Balaban J connectivity index is 1.44. The fourth-order valence-electron chi connectivity index (χ4n) is 6.19. The molecule has 0 bridgehead atoms. The second-order valence-electron chi connectivity index (χ2n) is 12.8. The first-order chi connectivity index (χ1) is 25.6. The number of nitrogens with zero attached hydrogens (tertiary/aromatic N) is 6. The number of halogens is 2. The van der Waals surface area contributed by atoms with Crippen molar-refractivity contribution in [3.63, 3.8) is 0 Å². The van der Waals surface area contributed by atoms with Crippen molar-refractivity contribution in [2.45, 2.75) is 19.4 Å². The third-order valence-electron chi connectivity index (χ3n) is 8.95. The number of nitrogens with one attached hydrogen (secondary N) is 1. The number of morpholine rings is 1. The Bertz CT molecular complexity index is 2170. The van der Waals surface area contributed by atoms with Gasteiger partial charge in [0.1, 0.15) is 23.0 Å². The molecule has 0 aliphatic carbocycles. The minimum atomic E-state index is -0.553. The second-order valence-corrected chi connectivity index (χ2v) is 13.6. The summed E-state index contributed by atoms with van der Waals surface area (Å²) in [6.07, 6.45) is 7.08. The zero-order chi connectivity index (χ0) is 37.6. The first-order valence-corrected chi connectivity index (χ1v) is 17.8. The Kier molecular flexibility index (Phi) is 11.9. The number of aromatic nitrogens is 4. The third-order valence-corrected chi connectivity index (χ3v) is 9.70. The van der Waals surface area contributed by atoms with Crippen LogP contribution in [0.25, 0.3) is 22.2 Å². The van der Waals surface area contributed by atoms with Gasteiger partial charge in [-0.2, -0.15) is 4.98 Å². The summed E-state index contributed by atoms with van der Waals surface area (Å²) in [6.45, 7) is 5.51. The standard InChI is InChI=1S/C39H41Cl2N7O5/c1-24(26-9-6-8-25(18-26)19-29(49)10-7-13-46(2)3)48-37-27(20-30(38(48)50)34-35(40)31(51-4)21-32(52-5)36(34)41)22-43-39(45-37)44-33-12-11-28(23-42-33)47-14-16-53-17-15-47/h6-12,18,20-24H,13-17,19H2,1-5H3,(H,42,43,44,45). The molecule has 1 atom stereocenters. The van der Waals surface area contributed by atoms with Crippen LogP contribution in [0, 0.1) is 0 Å². The number of benzene rings is 2. The molecular formula is C39H41Cl2N7O5. The highest BCUT2D eigenvalue weighted by Crippen LogP contribution is 2.45. The molecule has 1 unspecified atom stereocenters. The van der Waals surface area contributed by atoms with Crippen molar-refractivity contribution >= 4 is 57.5 Å². The summed E-state index contributed by atoms with van der Waals surface area (Å²) in [4.78, 5) is 45.8. The maximum Gasteiger partial charge on any atom is 0.260 e. The van der Waals surface area contributed by atoms with Gasteiger partial charge in [-0.25, -0.2) is 9.97 Å². The highest BCUT2D eigenvalue weighted by atomic mass is 35.5. The number of ketones is 1. The van der Waals surface area contributed by atoms with Crippen LogP contribution in [-0.2, 0) is 16.0 Å². The van der Waals surface area contributed by atoms with Crippen LogP contribution in [-0.4, -0.2) is 91.4 Å². The number of carbonyl (C=O) groups excluding carboxylic acids is 1. The van der Waals surface area contributed by atoms with E-state index in [4.69, 9.17) is 42.4 Å². The van der Waals surface area contributed by atoms with Gasteiger partial charge in [0.15, 0.2) is 5.78 Å². The molecule has 6 rings (SSSR count). The summed E-state index contributed by atoms with van der Waals surface area (Å²) in [5.41, 5.74) is 3.02. The van der Waals surface area contributed by atoms with E-state index in [0.29, 0.717) is 48.1 Å². The number of ether oxygens (including phenoxy) is 3. The quantitative estimate of drug-likeness (QED) is 0.131. The van der Waals surface area contributed by atoms with Gasteiger partial charge in [-0.05, 0) is 56.4 Å². The Morgan fingerprint density at radius 1 is 1.02 bits per heavy atom. The lowest BCUT2D eigenvalue weighted by Crippen LogP contribution is -2.36. The Morgan fingerprint density at radius 2 is 1.75 bits per heavy atom. The van der Waals surface area contributed by atoms with E-state index in [1.54, 1.807) is 35.2 Å². The lowest BCUT2D eigenvalue weighted by molar-refractivity contribution is -0.114. The van der Waals surface area contributed by atoms with Crippen LogP contribution in [0.4, 0.5) is 17.5 Å². The molecule has 12 nitrogen and oxygen atoms in total. The molecule has 3 aromatic heterocycles. The van der Waals surface area contributed by atoms with E-state index in [-0.39, 0.29) is 39.3 Å². The number of carbonyl (C=O) groups is 1. The minimum Gasteiger partial charge on any atom is -0.495 e. The van der Waals surface area contributed by atoms with Crippen molar-refractivity contribution in [3.05, 3.63) is 105 Å². The maximum atomic E-state index is 14.8. The molecule has 5 aromatic rings. The molecule has 1 fully saturated rings. The number of rotatable bonds is 13. The van der Waals surface area contributed by atoms with Crippen molar-refractivity contribution in [1.82, 2.24) is 24.4 Å². The number of hydrogen-bond donors (Lipinski definition) is 1. The average Bonchev–Trinajstić information content (AvgIpc) is 3.15. The maximum absolute atomic E-state index is 14.8. The lowest BCUT2D eigenvalue weighted by atomic mass is 10.00. The minimum absolute atomic E-state index is 0.0208. The number of fused-ring (bicyclic) bond motifs is 1. The molecule has 14 heteroatoms. The van der Waals surface area contributed by atoms with Gasteiger partial charge in [-0.3, -0.25) is 14.2 Å². The Labute approximate surface area is 317 Å². The van der Waals surface area contributed by atoms with Crippen molar-refractivity contribution in [2.75, 3.05) is 71.4 Å². The predicted octanol–water partition coefficient (Wildman–Crippen LogP) is 6.60. The average molecular weight is 759 g/mol. The zero-order valence-electron chi connectivity index (χ0n) is 30.2. The highest BCUT2D eigenvalue weighted by Gasteiger charge is 2.25. The molecule has 0 radical (unpaired) electrons. The molecule has 53 heavy (non-hydrogen) atoms. The van der Waals surface area contributed by atoms with Gasteiger partial charge in [-0.15, -0.1) is 0 Å². The van der Waals surface area contributed by atoms with Crippen LogP contribution in [0.5, 0.6) is 11.5 Å². The predicted molar refractivity (Wildman–Crippen MR) is 210 cm³/mol. The van der Waals surface area contributed by atoms with Crippen LogP contribution >= 0.6 is 23.2 Å². The fourth-order valence-corrected chi connectivity index (χ4v) is 6.90. The van der Waals surface area contributed by atoms with Gasteiger partial charge in [0.05, 0.1) is 61.0 Å². The van der Waals surface area contributed by atoms with E-state index in [9.17, 15) is 9.59 Å². The molecule has 1 N–H and O–H groups in total. The van der Waals surface area contributed by atoms with E-state index < -0.39 is 11.6 Å². The number of likely N-dealkylation sites (N-methyl/N-ethyl adjacent to an activating group) is 1. The highest BCUT2D eigenvalue weighted by molar-refractivity contribution is 6.41. The molecule has 1 aliphatic rings. The van der Waals surface area contributed by atoms with Gasteiger partial charge < -0.3 is 29.3 Å². The number of allylic oxidation sites excluding steroid dienone is 1. The van der Waals surface area contributed by atoms with Gasteiger partial charge in [0, 0.05) is 49.3 Å². The van der Waals surface area contributed by atoms with Gasteiger partial charge in [0.2, 0.25) is 5.95 Å². The fraction of sp³-hybridized carbons (Fsp3) is 0.308. The first kappa shape index (κ1) is 37.7. The lowest BCUT2D eigenvalue weighted by Gasteiger charge is -2.28. The molecule has 0 saturated carbocycles. The number of pyridine rings is 2. The number of hydrogen-bond acceptors (Lipinski definition) is 11. The number of anilines is 3. The zero-order valence-corrected chi connectivity index (χ0v) is 31.7. The number of methoxy groups -OCH3 is 2. The molecule has 0 amide bonds. The largest absolute Gasteiger partial charge is 0.495 e. The molecule has 2 aromatic carbocycles. The van der Waals surface area contributed by atoms with Crippen LogP contribution in [0.15, 0.2) is 77.9 Å². The Hall–Kier alpha value is -5.01. The van der Waals surface area contributed by atoms with Crippen molar-refractivity contribution in [1.29, 1.82) is 0 Å². The molecule has 276 valence electrons. The van der Waals surface area contributed by atoms with E-state index >= 15 is 0 Å². The SMILES string of the molecule is COc1cc(OC)c(Cl)c(-c2cc3cnc(Nc4ccc(N5CCOCC5)cn4)nc3n(C(C)c3cccc(CC(=O)C=CCN(C)C)c3)c2=O)c1Cl. The monoisotopic (exact) mass is 757 g/mol. The molecule has 1 saturated heterocycles. The van der Waals surface area contributed by atoms with Gasteiger partial charge in [0.25, 0.3) is 5.56 Å². The summed E-state index contributed by atoms with van der Waals surface area (Å²) in [7, 11) is 6.83. The summed E-state index contributed by atoms with van der Waals surface area (Å²) in [6, 6.07) is 14.2.